The molecule has 0 unspecified atom stereocenters. The third-order valence-corrected chi connectivity index (χ3v) is 1.73. The molecule has 12 heavy (non-hydrogen) atoms. The summed E-state index contributed by atoms with van der Waals surface area (Å²) in [5.41, 5.74) is 0. The van der Waals surface area contributed by atoms with Crippen molar-refractivity contribution in [3.05, 3.63) is 18.5 Å². The summed E-state index contributed by atoms with van der Waals surface area (Å²) in [7, 11) is 0. The van der Waals surface area contributed by atoms with Crippen LogP contribution in [0.25, 0.3) is 0 Å². The van der Waals surface area contributed by atoms with Gasteiger partial charge in [0.1, 0.15) is 0 Å². The second kappa shape index (κ2) is 5.77. The summed E-state index contributed by atoms with van der Waals surface area (Å²) >= 11 is 0. The topological polar surface area (TPSA) is 29.9 Å². The van der Waals surface area contributed by atoms with E-state index in [0.717, 1.165) is 26.1 Å². The Kier molecular flexibility index (Phi) is 4.46. The fourth-order valence-electron chi connectivity index (χ4n) is 1.10. The summed E-state index contributed by atoms with van der Waals surface area (Å²) in [4.78, 5) is 0. The van der Waals surface area contributed by atoms with Crippen molar-refractivity contribution in [3.63, 3.8) is 0 Å². The Hall–Kier alpha value is -0.830. The van der Waals surface area contributed by atoms with E-state index in [2.05, 4.69) is 17.3 Å². The predicted molar refractivity (Wildman–Crippen MR) is 50.0 cm³/mol. The molecule has 0 saturated heterocycles. The zero-order valence-electron chi connectivity index (χ0n) is 7.66. The molecule has 1 N–H and O–H groups in total. The fourth-order valence-corrected chi connectivity index (χ4v) is 1.10. The summed E-state index contributed by atoms with van der Waals surface area (Å²) in [6, 6.07) is 1.96. The second-order valence-corrected chi connectivity index (χ2v) is 2.87. The van der Waals surface area contributed by atoms with E-state index in [1.807, 2.05) is 23.1 Å². The van der Waals surface area contributed by atoms with Crippen molar-refractivity contribution in [1.82, 2.24) is 15.1 Å². The van der Waals surface area contributed by atoms with Crippen LogP contribution in [0.2, 0.25) is 0 Å². The van der Waals surface area contributed by atoms with Crippen LogP contribution in [0.5, 0.6) is 0 Å². The maximum Gasteiger partial charge on any atom is 0.0489 e. The lowest BCUT2D eigenvalue weighted by Crippen LogP contribution is -2.17. The highest BCUT2D eigenvalue weighted by Gasteiger charge is 1.89. The minimum absolute atomic E-state index is 1.02. The van der Waals surface area contributed by atoms with Crippen LogP contribution >= 0.6 is 0 Å². The monoisotopic (exact) mass is 167 g/mol. The van der Waals surface area contributed by atoms with Crippen molar-refractivity contribution in [1.29, 1.82) is 0 Å². The maximum absolute atomic E-state index is 4.12. The number of rotatable bonds is 6. The number of nitrogens with one attached hydrogen (secondary N) is 1. The molecule has 0 aliphatic rings. The zero-order chi connectivity index (χ0) is 8.65. The summed E-state index contributed by atoms with van der Waals surface area (Å²) in [5.74, 6) is 0. The van der Waals surface area contributed by atoms with E-state index >= 15 is 0 Å². The molecule has 0 radical (unpaired) electrons. The van der Waals surface area contributed by atoms with Gasteiger partial charge in [-0.2, -0.15) is 5.10 Å². The molecule has 68 valence electrons. The van der Waals surface area contributed by atoms with Crippen LogP contribution in [0.4, 0.5) is 0 Å². The lowest BCUT2D eigenvalue weighted by Gasteiger charge is -2.02. The number of aromatic nitrogens is 2. The third kappa shape index (κ3) is 3.53. The number of hydrogen-bond acceptors (Lipinski definition) is 2. The van der Waals surface area contributed by atoms with Crippen LogP contribution in [0.1, 0.15) is 19.8 Å². The van der Waals surface area contributed by atoms with E-state index in [-0.39, 0.29) is 0 Å². The highest BCUT2D eigenvalue weighted by molar-refractivity contribution is 4.77. The van der Waals surface area contributed by atoms with Gasteiger partial charge in [0.2, 0.25) is 0 Å². The average molecular weight is 167 g/mol. The van der Waals surface area contributed by atoms with Crippen LogP contribution in [0.15, 0.2) is 18.5 Å². The molecule has 0 aliphatic heterocycles. The molecule has 1 aromatic heterocycles. The highest BCUT2D eigenvalue weighted by Crippen LogP contribution is 1.87. The van der Waals surface area contributed by atoms with Gasteiger partial charge in [-0.3, -0.25) is 4.68 Å². The Labute approximate surface area is 73.8 Å². The molecule has 1 rings (SSSR count). The van der Waals surface area contributed by atoms with E-state index in [1.165, 1.54) is 6.42 Å². The molecule has 1 heterocycles. The SMILES string of the molecule is CCCNCCCn1cccn1. The van der Waals surface area contributed by atoms with E-state index in [0.29, 0.717) is 0 Å². The molecule has 0 aromatic carbocycles. The molecule has 3 nitrogen and oxygen atoms in total. The quantitative estimate of drug-likeness (QED) is 0.647. The Bertz CT molecular complexity index is 182. The summed E-state index contributed by atoms with van der Waals surface area (Å²) < 4.78 is 1.97. The number of aryl methyl sites for hydroxylation is 1. The first-order chi connectivity index (χ1) is 5.93. The number of hydrogen-bond donors (Lipinski definition) is 1. The first-order valence-electron chi connectivity index (χ1n) is 4.61. The largest absolute Gasteiger partial charge is 0.317 e. The van der Waals surface area contributed by atoms with Crippen LogP contribution < -0.4 is 5.32 Å². The first kappa shape index (κ1) is 9.26. The molecule has 1 aromatic rings. The van der Waals surface area contributed by atoms with Gasteiger partial charge in [-0.15, -0.1) is 0 Å². The van der Waals surface area contributed by atoms with Gasteiger partial charge >= 0.3 is 0 Å². The molecule has 0 aliphatic carbocycles. The summed E-state index contributed by atoms with van der Waals surface area (Å²) in [6.45, 7) is 5.41. The lowest BCUT2D eigenvalue weighted by atomic mass is 10.4. The van der Waals surface area contributed by atoms with Gasteiger partial charge in [0.25, 0.3) is 0 Å². The van der Waals surface area contributed by atoms with Crippen LogP contribution in [-0.4, -0.2) is 22.9 Å². The standard InChI is InChI=1S/C9H17N3/c1-2-5-10-6-3-8-12-9-4-7-11-12/h4,7,9-10H,2-3,5-6,8H2,1H3. The van der Waals surface area contributed by atoms with Crippen molar-refractivity contribution < 1.29 is 0 Å². The summed E-state index contributed by atoms with van der Waals surface area (Å²) in [5, 5.41) is 7.48. The Morgan fingerprint density at radius 2 is 2.33 bits per heavy atom. The van der Waals surface area contributed by atoms with Gasteiger partial charge in [-0.25, -0.2) is 0 Å². The van der Waals surface area contributed by atoms with E-state index < -0.39 is 0 Å². The fraction of sp³-hybridized carbons (Fsp3) is 0.667. The predicted octanol–water partition coefficient (Wildman–Crippen LogP) is 1.27. The minimum atomic E-state index is 1.02. The first-order valence-corrected chi connectivity index (χ1v) is 4.61. The molecular formula is C9H17N3. The van der Waals surface area contributed by atoms with E-state index in [4.69, 9.17) is 0 Å². The normalized spacial score (nSPS) is 10.4. The maximum atomic E-state index is 4.12. The second-order valence-electron chi connectivity index (χ2n) is 2.87. The molecule has 0 saturated carbocycles. The van der Waals surface area contributed by atoms with E-state index in [9.17, 15) is 0 Å². The van der Waals surface area contributed by atoms with Crippen molar-refractivity contribution >= 4 is 0 Å². The van der Waals surface area contributed by atoms with Crippen LogP contribution in [-0.2, 0) is 6.54 Å². The van der Waals surface area contributed by atoms with Crippen molar-refractivity contribution in [3.8, 4) is 0 Å². The van der Waals surface area contributed by atoms with Gasteiger partial charge in [-0.1, -0.05) is 6.92 Å². The molecular weight excluding hydrogens is 150 g/mol. The molecule has 3 heteroatoms. The van der Waals surface area contributed by atoms with Gasteiger partial charge in [0.05, 0.1) is 0 Å². The molecule has 0 spiro atoms. The minimum Gasteiger partial charge on any atom is -0.317 e. The Morgan fingerprint density at radius 3 is 3.00 bits per heavy atom. The Morgan fingerprint density at radius 1 is 1.42 bits per heavy atom. The number of nitrogens with zero attached hydrogens (tertiary/aromatic N) is 2. The molecule has 0 bridgehead atoms. The highest BCUT2D eigenvalue weighted by atomic mass is 15.3. The molecule has 0 fully saturated rings. The van der Waals surface area contributed by atoms with Gasteiger partial charge in [-0.05, 0) is 32.0 Å². The zero-order valence-corrected chi connectivity index (χ0v) is 7.66. The van der Waals surface area contributed by atoms with Gasteiger partial charge in [0, 0.05) is 18.9 Å². The van der Waals surface area contributed by atoms with Crippen LogP contribution in [0.3, 0.4) is 0 Å². The van der Waals surface area contributed by atoms with Crippen molar-refractivity contribution in [2.45, 2.75) is 26.3 Å². The van der Waals surface area contributed by atoms with Crippen LogP contribution in [0, 0.1) is 0 Å². The van der Waals surface area contributed by atoms with Gasteiger partial charge in [0.15, 0.2) is 0 Å². The summed E-state index contributed by atoms with van der Waals surface area (Å²) in [6.07, 6.45) is 6.18. The van der Waals surface area contributed by atoms with Crippen molar-refractivity contribution in [2.75, 3.05) is 13.1 Å². The Balaban J connectivity index is 1.96. The van der Waals surface area contributed by atoms with E-state index in [1.54, 1.807) is 0 Å². The smallest absolute Gasteiger partial charge is 0.0489 e. The molecule has 0 atom stereocenters. The third-order valence-electron chi connectivity index (χ3n) is 1.73. The molecule has 0 amide bonds. The average Bonchev–Trinajstić information content (AvgIpc) is 2.57. The lowest BCUT2D eigenvalue weighted by molar-refractivity contribution is 0.542. The van der Waals surface area contributed by atoms with Crippen molar-refractivity contribution in [2.24, 2.45) is 0 Å². The van der Waals surface area contributed by atoms with Gasteiger partial charge < -0.3 is 5.32 Å².